The lowest BCUT2D eigenvalue weighted by Crippen LogP contribution is -2.15. The zero-order valence-electron chi connectivity index (χ0n) is 11.5. The number of nitrogens with one attached hydrogen (secondary N) is 1. The summed E-state index contributed by atoms with van der Waals surface area (Å²) in [7, 11) is 1.88. The fourth-order valence-corrected chi connectivity index (χ4v) is 2.17. The van der Waals surface area contributed by atoms with E-state index in [0.717, 1.165) is 17.7 Å². The fourth-order valence-electron chi connectivity index (χ4n) is 2.17. The molecule has 0 saturated carbocycles. The van der Waals surface area contributed by atoms with Crippen molar-refractivity contribution in [3.05, 3.63) is 24.1 Å². The highest BCUT2D eigenvalue weighted by atomic mass is 16.6. The number of rotatable bonds is 4. The van der Waals surface area contributed by atoms with Crippen molar-refractivity contribution in [3.63, 3.8) is 0 Å². The molecule has 6 heteroatoms. The van der Waals surface area contributed by atoms with Gasteiger partial charge in [-0.3, -0.25) is 0 Å². The number of hydrogen-bond acceptors (Lipinski definition) is 6. The van der Waals surface area contributed by atoms with Gasteiger partial charge < -0.3 is 19.2 Å². The van der Waals surface area contributed by atoms with Gasteiger partial charge in [0, 0.05) is 5.56 Å². The van der Waals surface area contributed by atoms with E-state index in [1.165, 1.54) is 0 Å². The summed E-state index contributed by atoms with van der Waals surface area (Å²) >= 11 is 0. The number of fused-ring (bicyclic) bond motifs is 1. The third-order valence-corrected chi connectivity index (χ3v) is 3.28. The van der Waals surface area contributed by atoms with Crippen molar-refractivity contribution in [1.29, 1.82) is 0 Å². The lowest BCUT2D eigenvalue weighted by atomic mass is 10.2. The van der Waals surface area contributed by atoms with Gasteiger partial charge in [0.15, 0.2) is 11.5 Å². The van der Waals surface area contributed by atoms with Crippen LogP contribution in [-0.2, 0) is 0 Å². The van der Waals surface area contributed by atoms with Gasteiger partial charge in [0.25, 0.3) is 0 Å². The first-order valence-corrected chi connectivity index (χ1v) is 6.72. The average molecular weight is 275 g/mol. The van der Waals surface area contributed by atoms with Gasteiger partial charge in [-0.1, -0.05) is 6.92 Å². The number of ether oxygens (including phenoxy) is 2. The summed E-state index contributed by atoms with van der Waals surface area (Å²) in [6.07, 6.45) is 0.888. The van der Waals surface area contributed by atoms with Crippen LogP contribution in [0.1, 0.15) is 25.3 Å². The van der Waals surface area contributed by atoms with Crippen LogP contribution in [0, 0.1) is 0 Å². The van der Waals surface area contributed by atoms with E-state index in [-0.39, 0.29) is 6.04 Å². The van der Waals surface area contributed by atoms with Crippen molar-refractivity contribution in [2.45, 2.75) is 19.4 Å². The normalized spacial score (nSPS) is 15.1. The van der Waals surface area contributed by atoms with Crippen molar-refractivity contribution in [2.75, 3.05) is 20.3 Å². The Kier molecular flexibility index (Phi) is 3.56. The lowest BCUT2D eigenvalue weighted by molar-refractivity contribution is 0.171. The molecule has 0 bridgehead atoms. The Hall–Kier alpha value is -2.08. The minimum absolute atomic E-state index is 0.0773. The highest BCUT2D eigenvalue weighted by molar-refractivity contribution is 5.59. The Morgan fingerprint density at radius 2 is 2.00 bits per heavy atom. The van der Waals surface area contributed by atoms with Crippen molar-refractivity contribution in [1.82, 2.24) is 15.5 Å². The van der Waals surface area contributed by atoms with Crippen LogP contribution in [0.2, 0.25) is 0 Å². The maximum absolute atomic E-state index is 5.72. The van der Waals surface area contributed by atoms with Gasteiger partial charge in [0.2, 0.25) is 11.8 Å². The fraction of sp³-hybridized carbons (Fsp3) is 0.429. The van der Waals surface area contributed by atoms with Crippen LogP contribution in [0.4, 0.5) is 0 Å². The summed E-state index contributed by atoms with van der Waals surface area (Å²) in [4.78, 5) is 0. The van der Waals surface area contributed by atoms with Crippen LogP contribution < -0.4 is 14.8 Å². The zero-order valence-corrected chi connectivity index (χ0v) is 11.5. The van der Waals surface area contributed by atoms with Gasteiger partial charge in [-0.05, 0) is 31.7 Å². The topological polar surface area (TPSA) is 69.4 Å². The molecule has 0 amide bonds. The van der Waals surface area contributed by atoms with Crippen molar-refractivity contribution < 1.29 is 13.9 Å². The highest BCUT2D eigenvalue weighted by Crippen LogP contribution is 2.34. The van der Waals surface area contributed by atoms with Crippen molar-refractivity contribution >= 4 is 0 Å². The number of nitrogens with zero attached hydrogens (tertiary/aromatic N) is 2. The smallest absolute Gasteiger partial charge is 0.247 e. The maximum Gasteiger partial charge on any atom is 0.247 e. The Bertz CT molecular complexity index is 593. The molecule has 0 fully saturated rings. The van der Waals surface area contributed by atoms with E-state index in [0.29, 0.717) is 30.7 Å². The van der Waals surface area contributed by atoms with E-state index in [1.807, 2.05) is 25.2 Å². The largest absolute Gasteiger partial charge is 0.486 e. The van der Waals surface area contributed by atoms with E-state index in [2.05, 4.69) is 22.4 Å². The third-order valence-electron chi connectivity index (χ3n) is 3.28. The van der Waals surface area contributed by atoms with Crippen LogP contribution >= 0.6 is 0 Å². The summed E-state index contributed by atoms with van der Waals surface area (Å²) in [5, 5.41) is 11.3. The minimum atomic E-state index is 0.0773. The molecule has 1 atom stereocenters. The Balaban J connectivity index is 1.89. The molecular weight excluding hydrogens is 258 g/mol. The molecule has 1 unspecified atom stereocenters. The SMILES string of the molecule is CCC(NC)c1nnc(-c2ccc3c(c2)OCCO3)o1. The standard InChI is InChI=1S/C14H17N3O3/c1-3-10(15-2)14-17-16-13(20-14)9-4-5-11-12(8-9)19-7-6-18-11/h4-5,8,10,15H,3,6-7H2,1-2H3. The molecular formula is C14H17N3O3. The molecule has 0 spiro atoms. The van der Waals surface area contributed by atoms with Gasteiger partial charge in [0.1, 0.15) is 13.2 Å². The van der Waals surface area contributed by atoms with E-state index in [9.17, 15) is 0 Å². The van der Waals surface area contributed by atoms with E-state index >= 15 is 0 Å². The molecule has 3 rings (SSSR count). The van der Waals surface area contributed by atoms with Crippen molar-refractivity contribution in [3.8, 4) is 23.0 Å². The third kappa shape index (κ3) is 2.34. The van der Waals surface area contributed by atoms with Gasteiger partial charge >= 0.3 is 0 Å². The summed E-state index contributed by atoms with van der Waals surface area (Å²) in [5.41, 5.74) is 0.832. The monoisotopic (exact) mass is 275 g/mol. The lowest BCUT2D eigenvalue weighted by Gasteiger charge is -2.18. The van der Waals surface area contributed by atoms with Gasteiger partial charge in [0.05, 0.1) is 6.04 Å². The van der Waals surface area contributed by atoms with Crippen LogP contribution in [0.5, 0.6) is 11.5 Å². The molecule has 6 nitrogen and oxygen atoms in total. The Morgan fingerprint density at radius 1 is 1.20 bits per heavy atom. The summed E-state index contributed by atoms with van der Waals surface area (Å²) in [6.45, 7) is 3.20. The molecule has 1 aromatic heterocycles. The quantitative estimate of drug-likeness (QED) is 0.922. The molecule has 1 aromatic carbocycles. The first-order valence-electron chi connectivity index (χ1n) is 6.72. The van der Waals surface area contributed by atoms with Crippen LogP contribution in [0.3, 0.4) is 0 Å². The van der Waals surface area contributed by atoms with Gasteiger partial charge in [-0.2, -0.15) is 0 Å². The molecule has 106 valence electrons. The van der Waals surface area contributed by atoms with E-state index in [1.54, 1.807) is 0 Å². The summed E-state index contributed by atoms with van der Waals surface area (Å²) in [5.74, 6) is 2.56. The number of hydrogen-bond donors (Lipinski definition) is 1. The van der Waals surface area contributed by atoms with Crippen molar-refractivity contribution in [2.24, 2.45) is 0 Å². The highest BCUT2D eigenvalue weighted by Gasteiger charge is 2.18. The molecule has 1 aliphatic rings. The maximum atomic E-state index is 5.72. The predicted molar refractivity (Wildman–Crippen MR) is 72.8 cm³/mol. The second-order valence-corrected chi connectivity index (χ2v) is 4.55. The Labute approximate surface area is 117 Å². The van der Waals surface area contributed by atoms with E-state index < -0.39 is 0 Å². The molecule has 20 heavy (non-hydrogen) atoms. The van der Waals surface area contributed by atoms with Crippen LogP contribution in [0.15, 0.2) is 22.6 Å². The number of benzene rings is 1. The molecule has 1 aliphatic heterocycles. The first kappa shape index (κ1) is 12.9. The predicted octanol–water partition coefficient (Wildman–Crippen LogP) is 2.18. The molecule has 0 aliphatic carbocycles. The second-order valence-electron chi connectivity index (χ2n) is 4.55. The molecule has 0 saturated heterocycles. The summed E-state index contributed by atoms with van der Waals surface area (Å²) in [6, 6.07) is 5.70. The Morgan fingerprint density at radius 3 is 2.75 bits per heavy atom. The minimum Gasteiger partial charge on any atom is -0.486 e. The number of aromatic nitrogens is 2. The second kappa shape index (κ2) is 5.50. The molecule has 1 N–H and O–H groups in total. The first-order chi connectivity index (χ1) is 9.81. The molecule has 2 heterocycles. The average Bonchev–Trinajstić information content (AvgIpc) is 2.98. The zero-order chi connectivity index (χ0) is 13.9. The van der Waals surface area contributed by atoms with Crippen LogP contribution in [-0.4, -0.2) is 30.5 Å². The van der Waals surface area contributed by atoms with Crippen LogP contribution in [0.25, 0.3) is 11.5 Å². The molecule has 2 aromatic rings. The van der Waals surface area contributed by atoms with Gasteiger partial charge in [-0.15, -0.1) is 10.2 Å². The summed E-state index contributed by atoms with van der Waals surface area (Å²) < 4.78 is 16.8. The molecule has 0 radical (unpaired) electrons. The van der Waals surface area contributed by atoms with E-state index in [4.69, 9.17) is 13.9 Å². The van der Waals surface area contributed by atoms with Gasteiger partial charge in [-0.25, -0.2) is 0 Å².